The van der Waals surface area contributed by atoms with Gasteiger partial charge in [0.15, 0.2) is 0 Å². The number of ether oxygens (including phenoxy) is 1. The van der Waals surface area contributed by atoms with Crippen molar-refractivity contribution < 1.29 is 18.7 Å². The van der Waals surface area contributed by atoms with E-state index >= 15 is 0 Å². The molecule has 4 heterocycles. The largest absolute Gasteiger partial charge is 0.497 e. The monoisotopic (exact) mass is 462 g/mol. The molecule has 2 aliphatic rings. The third-order valence-electron chi connectivity index (χ3n) is 6.15. The molecule has 2 aliphatic heterocycles. The van der Waals surface area contributed by atoms with Gasteiger partial charge in [0, 0.05) is 51.3 Å². The van der Waals surface area contributed by atoms with Crippen LogP contribution >= 0.6 is 0 Å². The van der Waals surface area contributed by atoms with Crippen LogP contribution in [-0.4, -0.2) is 61.6 Å². The Hall–Kier alpha value is -3.92. The van der Waals surface area contributed by atoms with Crippen molar-refractivity contribution in [3.05, 3.63) is 60.4 Å². The molecule has 2 aromatic heterocycles. The summed E-state index contributed by atoms with van der Waals surface area (Å²) in [6.45, 7) is 3.86. The first-order chi connectivity index (χ1) is 16.6. The second-order valence-corrected chi connectivity index (χ2v) is 8.27. The number of rotatable bonds is 6. The van der Waals surface area contributed by atoms with Crippen molar-refractivity contribution in [3.63, 3.8) is 0 Å². The number of nitrogens with zero attached hydrogens (tertiary/aromatic N) is 4. The molecule has 0 radical (unpaired) electrons. The average Bonchev–Trinajstić information content (AvgIpc) is 3.52. The minimum Gasteiger partial charge on any atom is -0.497 e. The van der Waals surface area contributed by atoms with Crippen LogP contribution in [-0.2, 0) is 4.79 Å². The highest BCUT2D eigenvalue weighted by Crippen LogP contribution is 2.33. The fourth-order valence-electron chi connectivity index (χ4n) is 4.38. The molecule has 2 N–H and O–H groups in total. The number of hydrogen-bond donors (Lipinski definition) is 2. The van der Waals surface area contributed by atoms with E-state index in [0.29, 0.717) is 18.7 Å². The van der Waals surface area contributed by atoms with E-state index in [1.165, 1.54) is 11.1 Å². The average molecular weight is 463 g/mol. The van der Waals surface area contributed by atoms with Crippen molar-refractivity contribution in [3.8, 4) is 5.75 Å². The molecule has 3 aromatic rings. The van der Waals surface area contributed by atoms with E-state index < -0.39 is 5.91 Å². The molecule has 1 aromatic carbocycles. The summed E-state index contributed by atoms with van der Waals surface area (Å²) in [6.07, 6.45) is 5.08. The van der Waals surface area contributed by atoms with E-state index in [9.17, 15) is 9.59 Å². The number of oxazole rings is 1. The molecule has 176 valence electrons. The van der Waals surface area contributed by atoms with E-state index in [0.717, 1.165) is 43.2 Å². The molecule has 10 nitrogen and oxygen atoms in total. The SMILES string of the molecule is COc1cccc(C2CC(=O)N(c3cnc(C(=O)Nc4cnccc4N4CCNCC4)o3)C2)c1. The molecule has 1 atom stereocenters. The van der Waals surface area contributed by atoms with Gasteiger partial charge in [-0.1, -0.05) is 12.1 Å². The second-order valence-electron chi connectivity index (χ2n) is 8.27. The van der Waals surface area contributed by atoms with Gasteiger partial charge >= 0.3 is 5.91 Å². The molecular weight excluding hydrogens is 436 g/mol. The lowest BCUT2D eigenvalue weighted by molar-refractivity contribution is -0.117. The summed E-state index contributed by atoms with van der Waals surface area (Å²) in [6, 6.07) is 9.57. The molecule has 5 rings (SSSR count). The lowest BCUT2D eigenvalue weighted by atomic mass is 9.98. The minimum atomic E-state index is -0.494. The van der Waals surface area contributed by atoms with Crippen LogP contribution in [0.3, 0.4) is 0 Å². The fraction of sp³-hybridized carbons (Fsp3) is 0.333. The third kappa shape index (κ3) is 4.44. The van der Waals surface area contributed by atoms with Gasteiger partial charge in [-0.3, -0.25) is 19.5 Å². The molecule has 0 aliphatic carbocycles. The number of carbonyl (C=O) groups is 2. The Kier molecular flexibility index (Phi) is 6.13. The molecule has 10 heteroatoms. The predicted molar refractivity (Wildman–Crippen MR) is 126 cm³/mol. The summed E-state index contributed by atoms with van der Waals surface area (Å²) in [5, 5.41) is 6.16. The Labute approximate surface area is 196 Å². The van der Waals surface area contributed by atoms with Gasteiger partial charge in [-0.2, -0.15) is 0 Å². The first-order valence-electron chi connectivity index (χ1n) is 11.2. The molecular formula is C24H26N6O4. The number of benzene rings is 1. The molecule has 2 amide bonds. The summed E-state index contributed by atoms with van der Waals surface area (Å²) >= 11 is 0. The van der Waals surface area contributed by atoms with Crippen molar-refractivity contribution in [1.82, 2.24) is 15.3 Å². The molecule has 0 bridgehead atoms. The van der Waals surface area contributed by atoms with Crippen LogP contribution in [0, 0.1) is 0 Å². The van der Waals surface area contributed by atoms with Gasteiger partial charge in [-0.15, -0.1) is 0 Å². The van der Waals surface area contributed by atoms with Crippen LogP contribution in [0.1, 0.15) is 28.6 Å². The van der Waals surface area contributed by atoms with Gasteiger partial charge in [0.2, 0.25) is 11.8 Å². The third-order valence-corrected chi connectivity index (χ3v) is 6.15. The molecule has 2 saturated heterocycles. The topological polar surface area (TPSA) is 113 Å². The highest BCUT2D eigenvalue weighted by atomic mass is 16.5. The highest BCUT2D eigenvalue weighted by Gasteiger charge is 2.34. The van der Waals surface area contributed by atoms with E-state index in [2.05, 4.69) is 25.5 Å². The van der Waals surface area contributed by atoms with E-state index in [4.69, 9.17) is 9.15 Å². The molecule has 0 saturated carbocycles. The van der Waals surface area contributed by atoms with Crippen LogP contribution in [0.25, 0.3) is 0 Å². The summed E-state index contributed by atoms with van der Waals surface area (Å²) < 4.78 is 11.0. The summed E-state index contributed by atoms with van der Waals surface area (Å²) in [5.41, 5.74) is 2.50. The lowest BCUT2D eigenvalue weighted by Crippen LogP contribution is -2.43. The van der Waals surface area contributed by atoms with Crippen molar-refractivity contribution in [2.24, 2.45) is 0 Å². The Morgan fingerprint density at radius 1 is 1.24 bits per heavy atom. The Balaban J connectivity index is 1.29. The summed E-state index contributed by atoms with van der Waals surface area (Å²) in [4.78, 5) is 37.6. The number of amides is 2. The van der Waals surface area contributed by atoms with Gasteiger partial charge in [0.1, 0.15) is 5.75 Å². The smallest absolute Gasteiger partial charge is 0.311 e. The number of methoxy groups -OCH3 is 1. The minimum absolute atomic E-state index is 0.00182. The normalized spacial score (nSPS) is 18.3. The lowest BCUT2D eigenvalue weighted by Gasteiger charge is -2.30. The molecule has 34 heavy (non-hydrogen) atoms. The zero-order valence-corrected chi connectivity index (χ0v) is 18.9. The second kappa shape index (κ2) is 9.52. The van der Waals surface area contributed by atoms with Crippen molar-refractivity contribution in [1.29, 1.82) is 0 Å². The van der Waals surface area contributed by atoms with Gasteiger partial charge in [0.25, 0.3) is 5.89 Å². The molecule has 0 spiro atoms. The van der Waals surface area contributed by atoms with Crippen molar-refractivity contribution in [2.75, 3.05) is 55.0 Å². The quantitative estimate of drug-likeness (QED) is 0.574. The van der Waals surface area contributed by atoms with E-state index in [1.54, 1.807) is 19.5 Å². The number of carbonyl (C=O) groups excluding carboxylic acids is 2. The van der Waals surface area contributed by atoms with Crippen LogP contribution in [0.15, 0.2) is 53.3 Å². The standard InChI is InChI=1S/C24H26N6O4/c1-33-18-4-2-3-16(11-18)17-12-21(31)30(15-17)22-14-27-24(34-22)23(32)28-19-13-26-6-5-20(19)29-9-7-25-8-10-29/h2-6,11,13-14,17,25H,7-10,12,15H2,1H3,(H,28,32). The van der Waals surface area contributed by atoms with E-state index in [-0.39, 0.29) is 23.6 Å². The zero-order valence-electron chi connectivity index (χ0n) is 18.9. The number of aromatic nitrogens is 2. The maximum Gasteiger partial charge on any atom is 0.311 e. The maximum absolute atomic E-state index is 12.9. The highest BCUT2D eigenvalue weighted by molar-refractivity contribution is 6.03. The molecule has 2 fully saturated rings. The Bertz CT molecular complexity index is 1190. The van der Waals surface area contributed by atoms with E-state index in [1.807, 2.05) is 30.3 Å². The fourth-order valence-corrected chi connectivity index (χ4v) is 4.38. The van der Waals surface area contributed by atoms with Gasteiger partial charge < -0.3 is 24.7 Å². The molecule has 1 unspecified atom stereocenters. The Morgan fingerprint density at radius 3 is 2.91 bits per heavy atom. The van der Waals surface area contributed by atoms with Gasteiger partial charge in [-0.05, 0) is 23.8 Å². The van der Waals surface area contributed by atoms with Crippen LogP contribution in [0.5, 0.6) is 5.75 Å². The summed E-state index contributed by atoms with van der Waals surface area (Å²) in [5.74, 6) is 0.326. The first-order valence-corrected chi connectivity index (χ1v) is 11.2. The summed E-state index contributed by atoms with van der Waals surface area (Å²) in [7, 11) is 1.62. The number of piperazine rings is 1. The number of pyridine rings is 1. The first kappa shape index (κ1) is 21.9. The predicted octanol–water partition coefficient (Wildman–Crippen LogP) is 2.26. The van der Waals surface area contributed by atoms with Crippen LogP contribution < -0.4 is 25.2 Å². The van der Waals surface area contributed by atoms with Crippen LogP contribution in [0.2, 0.25) is 0 Å². The number of anilines is 3. The van der Waals surface area contributed by atoms with Crippen LogP contribution in [0.4, 0.5) is 17.3 Å². The van der Waals surface area contributed by atoms with Crippen molar-refractivity contribution >= 4 is 29.1 Å². The number of nitrogens with one attached hydrogen (secondary N) is 2. The zero-order chi connectivity index (χ0) is 23.5. The van der Waals surface area contributed by atoms with Gasteiger partial charge in [0.05, 0.1) is 30.9 Å². The Morgan fingerprint density at radius 2 is 2.09 bits per heavy atom. The maximum atomic E-state index is 12.9. The van der Waals surface area contributed by atoms with Gasteiger partial charge in [-0.25, -0.2) is 4.98 Å². The van der Waals surface area contributed by atoms with Crippen molar-refractivity contribution in [2.45, 2.75) is 12.3 Å². The number of hydrogen-bond acceptors (Lipinski definition) is 8.